The Hall–Kier alpha value is -0.620. The number of sulfonamides is 1. The lowest BCUT2D eigenvalue weighted by Gasteiger charge is -2.31. The Bertz CT molecular complexity index is 329. The summed E-state index contributed by atoms with van der Waals surface area (Å²) in [7, 11) is -3.43. The maximum Gasteiger partial charge on any atom is 0.225 e. The summed E-state index contributed by atoms with van der Waals surface area (Å²) in [5, 5.41) is 4.58. The molecule has 0 spiro atoms. The molecule has 0 unspecified atom stereocenters. The second-order valence-electron chi connectivity index (χ2n) is 4.27. The third kappa shape index (κ3) is 3.17. The Kier molecular flexibility index (Phi) is 3.72. The highest BCUT2D eigenvalue weighted by atomic mass is 32.2. The van der Waals surface area contributed by atoms with Crippen LogP contribution < -0.4 is 5.14 Å². The molecule has 0 aromatic carbocycles. The van der Waals surface area contributed by atoms with Gasteiger partial charge in [0.15, 0.2) is 0 Å². The van der Waals surface area contributed by atoms with Crippen molar-refractivity contribution in [2.24, 2.45) is 11.1 Å². The molecule has 6 heteroatoms. The molecule has 15 heavy (non-hydrogen) atoms. The number of piperidine rings is 1. The van der Waals surface area contributed by atoms with Crippen LogP contribution in [0.2, 0.25) is 0 Å². The van der Waals surface area contributed by atoms with Gasteiger partial charge >= 0.3 is 0 Å². The molecule has 1 heterocycles. The minimum atomic E-state index is -3.43. The summed E-state index contributed by atoms with van der Waals surface area (Å²) in [6.07, 6.45) is 0.911. The van der Waals surface area contributed by atoms with Gasteiger partial charge < -0.3 is 4.90 Å². The fourth-order valence-corrected chi connectivity index (χ4v) is 2.64. The van der Waals surface area contributed by atoms with Gasteiger partial charge in [-0.15, -0.1) is 0 Å². The Morgan fingerprint density at radius 1 is 1.33 bits per heavy atom. The van der Waals surface area contributed by atoms with Gasteiger partial charge in [-0.05, 0) is 12.8 Å². The summed E-state index contributed by atoms with van der Waals surface area (Å²) in [6, 6.07) is 0. The number of carbonyl (C=O) groups is 1. The largest absolute Gasteiger partial charge is 0.342 e. The number of rotatable bonds is 2. The second-order valence-corrected chi connectivity index (χ2v) is 6.11. The fourth-order valence-electron chi connectivity index (χ4n) is 1.77. The fraction of sp³-hybridized carbons (Fsp3) is 0.889. The Labute approximate surface area is 90.7 Å². The summed E-state index contributed by atoms with van der Waals surface area (Å²) in [5.41, 5.74) is 0. The first-order valence-corrected chi connectivity index (χ1v) is 6.73. The minimum Gasteiger partial charge on any atom is -0.342 e. The summed E-state index contributed by atoms with van der Waals surface area (Å²) in [5.74, 6) is 0.0545. The summed E-state index contributed by atoms with van der Waals surface area (Å²) >= 11 is 0. The molecule has 2 N–H and O–H groups in total. The van der Waals surface area contributed by atoms with E-state index < -0.39 is 15.3 Å². The van der Waals surface area contributed by atoms with Crippen molar-refractivity contribution in [3.05, 3.63) is 0 Å². The van der Waals surface area contributed by atoms with Gasteiger partial charge in [-0.25, -0.2) is 13.6 Å². The topological polar surface area (TPSA) is 80.5 Å². The molecule has 0 bridgehead atoms. The van der Waals surface area contributed by atoms with Crippen LogP contribution in [0.1, 0.15) is 26.7 Å². The van der Waals surface area contributed by atoms with E-state index in [0.717, 1.165) is 0 Å². The van der Waals surface area contributed by atoms with E-state index >= 15 is 0 Å². The van der Waals surface area contributed by atoms with Crippen molar-refractivity contribution in [3.8, 4) is 0 Å². The molecule has 0 saturated carbocycles. The number of nitrogens with zero attached hydrogens (tertiary/aromatic N) is 1. The van der Waals surface area contributed by atoms with Gasteiger partial charge in [0.05, 0.1) is 5.25 Å². The van der Waals surface area contributed by atoms with E-state index in [9.17, 15) is 13.2 Å². The Morgan fingerprint density at radius 2 is 1.80 bits per heavy atom. The number of hydrogen-bond donors (Lipinski definition) is 1. The molecule has 1 rings (SSSR count). The van der Waals surface area contributed by atoms with Gasteiger partial charge in [-0.3, -0.25) is 4.79 Å². The molecular formula is C9H18N2O3S. The molecule has 0 aromatic heterocycles. The molecule has 5 nitrogen and oxygen atoms in total. The molecule has 88 valence electrons. The molecule has 0 aliphatic carbocycles. The number of primary sulfonamides is 1. The highest BCUT2D eigenvalue weighted by molar-refractivity contribution is 7.89. The van der Waals surface area contributed by atoms with Crippen LogP contribution in [-0.4, -0.2) is 37.6 Å². The van der Waals surface area contributed by atoms with E-state index in [1.54, 1.807) is 4.90 Å². The van der Waals surface area contributed by atoms with Crippen molar-refractivity contribution < 1.29 is 13.2 Å². The zero-order valence-electron chi connectivity index (χ0n) is 9.14. The van der Waals surface area contributed by atoms with Gasteiger partial charge in [0.1, 0.15) is 0 Å². The molecule has 0 aromatic rings. The van der Waals surface area contributed by atoms with Gasteiger partial charge in [-0.1, -0.05) is 13.8 Å². The predicted molar refractivity (Wildman–Crippen MR) is 57.5 cm³/mol. The van der Waals surface area contributed by atoms with Crippen molar-refractivity contribution in [3.63, 3.8) is 0 Å². The number of hydrogen-bond acceptors (Lipinski definition) is 3. The summed E-state index contributed by atoms with van der Waals surface area (Å²) in [6.45, 7) is 4.68. The molecule has 0 radical (unpaired) electrons. The van der Waals surface area contributed by atoms with Crippen molar-refractivity contribution in [1.29, 1.82) is 0 Å². The Morgan fingerprint density at radius 3 is 2.13 bits per heavy atom. The highest BCUT2D eigenvalue weighted by Crippen LogP contribution is 2.17. The summed E-state index contributed by atoms with van der Waals surface area (Å²) in [4.78, 5) is 13.3. The lowest BCUT2D eigenvalue weighted by atomic mass is 10.1. The highest BCUT2D eigenvalue weighted by Gasteiger charge is 2.29. The maximum absolute atomic E-state index is 11.6. The van der Waals surface area contributed by atoms with Crippen molar-refractivity contribution in [1.82, 2.24) is 4.90 Å². The van der Waals surface area contributed by atoms with Crippen LogP contribution in [0.4, 0.5) is 0 Å². The van der Waals surface area contributed by atoms with Crippen molar-refractivity contribution >= 4 is 15.9 Å². The molecule has 0 atom stereocenters. The van der Waals surface area contributed by atoms with Crippen molar-refractivity contribution in [2.75, 3.05) is 13.1 Å². The third-order valence-corrected chi connectivity index (χ3v) is 4.11. The van der Waals surface area contributed by atoms with Crippen LogP contribution in [0.25, 0.3) is 0 Å². The van der Waals surface area contributed by atoms with Gasteiger partial charge in [-0.2, -0.15) is 0 Å². The van der Waals surface area contributed by atoms with Gasteiger partial charge in [0.2, 0.25) is 15.9 Å². The molecule has 1 fully saturated rings. The number of carbonyl (C=O) groups excluding carboxylic acids is 1. The van der Waals surface area contributed by atoms with Crippen LogP contribution in [-0.2, 0) is 14.8 Å². The lowest BCUT2D eigenvalue weighted by Crippen LogP contribution is -2.45. The zero-order valence-corrected chi connectivity index (χ0v) is 9.96. The predicted octanol–water partition coefficient (Wildman–Crippen LogP) is -0.0781. The van der Waals surface area contributed by atoms with E-state index in [2.05, 4.69) is 0 Å². The molecule has 1 aliphatic heterocycles. The SMILES string of the molecule is CC(C)C(=O)N1CCC(S(N)(=O)=O)CC1. The number of likely N-dealkylation sites (tertiary alicyclic amines) is 1. The molecule has 1 amide bonds. The first-order valence-electron chi connectivity index (χ1n) is 5.12. The summed E-state index contributed by atoms with van der Waals surface area (Å²) < 4.78 is 22.1. The van der Waals surface area contributed by atoms with Crippen LogP contribution in [0.5, 0.6) is 0 Å². The average molecular weight is 234 g/mol. The van der Waals surface area contributed by atoms with Crippen LogP contribution >= 0.6 is 0 Å². The molecule has 1 saturated heterocycles. The standard InChI is InChI=1S/C9H18N2O3S/c1-7(2)9(12)11-5-3-8(4-6-11)15(10,13)14/h7-8H,3-6H2,1-2H3,(H2,10,13,14). The number of amides is 1. The maximum atomic E-state index is 11.6. The van der Waals surface area contributed by atoms with E-state index in [1.165, 1.54) is 0 Å². The first-order chi connectivity index (χ1) is 6.82. The van der Waals surface area contributed by atoms with E-state index in [-0.39, 0.29) is 11.8 Å². The lowest BCUT2D eigenvalue weighted by molar-refractivity contribution is -0.135. The van der Waals surface area contributed by atoms with Crippen LogP contribution in [0, 0.1) is 5.92 Å². The zero-order chi connectivity index (χ0) is 11.6. The van der Waals surface area contributed by atoms with E-state index in [0.29, 0.717) is 25.9 Å². The van der Waals surface area contributed by atoms with E-state index in [1.807, 2.05) is 13.8 Å². The van der Waals surface area contributed by atoms with Gasteiger partial charge in [0.25, 0.3) is 0 Å². The minimum absolute atomic E-state index is 0.0315. The quantitative estimate of drug-likeness (QED) is 0.725. The van der Waals surface area contributed by atoms with Gasteiger partial charge in [0, 0.05) is 19.0 Å². The monoisotopic (exact) mass is 234 g/mol. The molecular weight excluding hydrogens is 216 g/mol. The average Bonchev–Trinajstić information content (AvgIpc) is 2.15. The first kappa shape index (κ1) is 12.4. The molecule has 1 aliphatic rings. The Balaban J connectivity index is 2.53. The van der Waals surface area contributed by atoms with Crippen molar-refractivity contribution in [2.45, 2.75) is 31.9 Å². The normalized spacial score (nSPS) is 19.6. The second kappa shape index (κ2) is 4.49. The van der Waals surface area contributed by atoms with Crippen LogP contribution in [0.15, 0.2) is 0 Å². The van der Waals surface area contributed by atoms with E-state index in [4.69, 9.17) is 5.14 Å². The third-order valence-electron chi connectivity index (χ3n) is 2.71. The smallest absolute Gasteiger partial charge is 0.225 e. The number of nitrogens with two attached hydrogens (primary N) is 1. The van der Waals surface area contributed by atoms with Crippen LogP contribution in [0.3, 0.4) is 0 Å².